The topological polar surface area (TPSA) is 118 Å². The van der Waals surface area contributed by atoms with Gasteiger partial charge in [-0.05, 0) is 32.8 Å². The van der Waals surface area contributed by atoms with Gasteiger partial charge in [-0.2, -0.15) is 10.2 Å². The number of nitrogens with zero attached hydrogens (tertiary/aromatic N) is 4. The maximum absolute atomic E-state index is 14.5. The Kier molecular flexibility index (Phi) is 6.47. The minimum Gasteiger partial charge on any atom is -0.443 e. The van der Waals surface area contributed by atoms with Crippen LogP contribution in [0, 0.1) is 0 Å². The molecule has 172 valence electrons. The summed E-state index contributed by atoms with van der Waals surface area (Å²) in [7, 11) is 1.59. The summed E-state index contributed by atoms with van der Waals surface area (Å²) in [6.45, 7) is 3.99. The van der Waals surface area contributed by atoms with Crippen molar-refractivity contribution in [3.05, 3.63) is 34.9 Å². The first-order valence-corrected chi connectivity index (χ1v) is 10.7. The quantitative estimate of drug-likeness (QED) is 0.486. The monoisotopic (exact) mass is 465 g/mol. The van der Waals surface area contributed by atoms with Crippen molar-refractivity contribution in [2.24, 2.45) is 0 Å². The molecule has 3 aromatic heterocycles. The lowest BCUT2D eigenvalue weighted by molar-refractivity contribution is 0.0593. The first-order valence-electron chi connectivity index (χ1n) is 10.3. The second-order valence-electron chi connectivity index (χ2n) is 8.07. The Morgan fingerprint density at radius 1 is 1.41 bits per heavy atom. The third kappa shape index (κ3) is 4.94. The van der Waals surface area contributed by atoms with Crippen LogP contribution in [-0.2, 0) is 16.1 Å². The molecule has 1 aliphatic rings. The SMILES string of the molecule is COCc1cc2c(Nc3cc([C@H]4C[C@@H](F)[C@@H](OC(=O)NC(C)C)C4)[nH]n3)nc(Cl)cn2n1. The van der Waals surface area contributed by atoms with Crippen LogP contribution >= 0.6 is 11.6 Å². The lowest BCUT2D eigenvalue weighted by atomic mass is 10.0. The van der Waals surface area contributed by atoms with Gasteiger partial charge in [0.2, 0.25) is 0 Å². The maximum Gasteiger partial charge on any atom is 0.407 e. The van der Waals surface area contributed by atoms with E-state index in [1.165, 1.54) is 0 Å². The van der Waals surface area contributed by atoms with E-state index in [4.69, 9.17) is 21.1 Å². The number of ether oxygens (including phenoxy) is 2. The fourth-order valence-electron chi connectivity index (χ4n) is 3.79. The molecule has 0 spiro atoms. The summed E-state index contributed by atoms with van der Waals surface area (Å²) in [5, 5.41) is 17.6. The van der Waals surface area contributed by atoms with Crippen molar-refractivity contribution in [2.45, 2.75) is 57.5 Å². The van der Waals surface area contributed by atoms with Crippen LogP contribution in [0.3, 0.4) is 0 Å². The van der Waals surface area contributed by atoms with Gasteiger partial charge < -0.3 is 20.1 Å². The molecule has 0 unspecified atom stereocenters. The van der Waals surface area contributed by atoms with E-state index in [2.05, 4.69) is 30.9 Å². The molecular formula is C20H25ClFN7O3. The van der Waals surface area contributed by atoms with Crippen molar-refractivity contribution in [1.29, 1.82) is 0 Å². The molecule has 0 aromatic carbocycles. The highest BCUT2D eigenvalue weighted by atomic mass is 35.5. The molecule has 3 aromatic rings. The maximum atomic E-state index is 14.5. The highest BCUT2D eigenvalue weighted by molar-refractivity contribution is 6.29. The molecule has 0 bridgehead atoms. The number of aromatic nitrogens is 5. The predicted molar refractivity (Wildman–Crippen MR) is 116 cm³/mol. The van der Waals surface area contributed by atoms with Crippen molar-refractivity contribution in [3.63, 3.8) is 0 Å². The molecule has 0 radical (unpaired) electrons. The van der Waals surface area contributed by atoms with Gasteiger partial charge in [0, 0.05) is 30.8 Å². The van der Waals surface area contributed by atoms with Crippen LogP contribution in [0.15, 0.2) is 18.3 Å². The number of hydrogen-bond acceptors (Lipinski definition) is 7. The lowest BCUT2D eigenvalue weighted by Crippen LogP contribution is -2.35. The van der Waals surface area contributed by atoms with Gasteiger partial charge in [-0.1, -0.05) is 11.6 Å². The standard InChI is InChI=1S/C20H25ClFN7O3/c1-10(2)23-20(30)32-16-5-11(4-13(16)22)14-7-18(27-26-14)25-19-15-6-12(9-31-3)28-29(15)8-17(21)24-19/h6-8,10-11,13,16H,4-5,9H2,1-3H3,(H,23,30)(H2,24,25,26,27)/t11-,13+,16-/m0/s1. The Balaban J connectivity index is 1.46. The van der Waals surface area contributed by atoms with Gasteiger partial charge in [-0.15, -0.1) is 0 Å². The zero-order valence-electron chi connectivity index (χ0n) is 17.9. The van der Waals surface area contributed by atoms with Crippen molar-refractivity contribution in [3.8, 4) is 0 Å². The summed E-state index contributed by atoms with van der Waals surface area (Å²) in [5.41, 5.74) is 2.19. The largest absolute Gasteiger partial charge is 0.443 e. The minimum absolute atomic E-state index is 0.0769. The number of H-pyrrole nitrogens is 1. The smallest absolute Gasteiger partial charge is 0.407 e. The molecule has 1 saturated carbocycles. The van der Waals surface area contributed by atoms with Crippen LogP contribution < -0.4 is 10.6 Å². The summed E-state index contributed by atoms with van der Waals surface area (Å²) in [5.74, 6) is 0.829. The third-order valence-corrected chi connectivity index (χ3v) is 5.33. The van der Waals surface area contributed by atoms with Crippen molar-refractivity contribution in [2.75, 3.05) is 12.4 Å². The Morgan fingerprint density at radius 2 is 2.22 bits per heavy atom. The first kappa shape index (κ1) is 22.3. The Morgan fingerprint density at radius 3 is 2.97 bits per heavy atom. The average molecular weight is 466 g/mol. The molecule has 10 nitrogen and oxygen atoms in total. The van der Waals surface area contributed by atoms with E-state index in [1.54, 1.807) is 23.9 Å². The van der Waals surface area contributed by atoms with Crippen LogP contribution in [0.25, 0.3) is 5.52 Å². The summed E-state index contributed by atoms with van der Waals surface area (Å²) in [6, 6.07) is 3.56. The van der Waals surface area contributed by atoms with Crippen LogP contribution in [0.5, 0.6) is 0 Å². The molecule has 4 rings (SSSR count). The third-order valence-electron chi connectivity index (χ3n) is 5.15. The molecule has 1 amide bonds. The second-order valence-corrected chi connectivity index (χ2v) is 8.46. The molecule has 12 heteroatoms. The Labute approximate surface area is 188 Å². The van der Waals surface area contributed by atoms with Gasteiger partial charge in [0.1, 0.15) is 22.9 Å². The minimum atomic E-state index is -1.24. The molecular weight excluding hydrogens is 441 g/mol. The number of carbonyl (C=O) groups is 1. The molecule has 0 aliphatic heterocycles. The van der Waals surface area contributed by atoms with Crippen LogP contribution in [0.2, 0.25) is 5.15 Å². The second kappa shape index (κ2) is 9.29. The van der Waals surface area contributed by atoms with E-state index >= 15 is 0 Å². The molecule has 1 aliphatic carbocycles. The predicted octanol–water partition coefficient (Wildman–Crippen LogP) is 3.71. The zero-order valence-corrected chi connectivity index (χ0v) is 18.7. The van der Waals surface area contributed by atoms with Gasteiger partial charge in [0.25, 0.3) is 0 Å². The molecule has 3 N–H and O–H groups in total. The number of nitrogens with one attached hydrogen (secondary N) is 3. The number of amides is 1. The molecule has 3 heterocycles. The van der Waals surface area contributed by atoms with Gasteiger partial charge in [-0.25, -0.2) is 18.7 Å². The number of alkyl halides is 1. The Bertz CT molecular complexity index is 1100. The van der Waals surface area contributed by atoms with E-state index in [0.29, 0.717) is 30.2 Å². The average Bonchev–Trinajstić information content (AvgIpc) is 3.41. The van der Waals surface area contributed by atoms with E-state index in [1.807, 2.05) is 19.9 Å². The fraction of sp³-hybridized carbons (Fsp3) is 0.500. The van der Waals surface area contributed by atoms with E-state index in [-0.39, 0.29) is 23.5 Å². The molecule has 32 heavy (non-hydrogen) atoms. The lowest BCUT2D eigenvalue weighted by Gasteiger charge is -2.16. The highest BCUT2D eigenvalue weighted by Gasteiger charge is 2.38. The van der Waals surface area contributed by atoms with Crippen molar-refractivity contribution >= 4 is 34.8 Å². The number of hydrogen-bond donors (Lipinski definition) is 3. The number of rotatable bonds is 7. The van der Waals surface area contributed by atoms with E-state index in [0.717, 1.165) is 11.4 Å². The molecule has 0 saturated heterocycles. The number of methoxy groups -OCH3 is 1. The van der Waals surface area contributed by atoms with Gasteiger partial charge in [-0.3, -0.25) is 5.10 Å². The van der Waals surface area contributed by atoms with Crippen LogP contribution in [-0.4, -0.2) is 56.3 Å². The number of anilines is 2. The molecule has 1 fully saturated rings. The highest BCUT2D eigenvalue weighted by Crippen LogP contribution is 2.38. The Hall–Kier alpha value is -2.92. The number of alkyl carbamates (subject to hydrolysis) is 1. The number of halogens is 2. The van der Waals surface area contributed by atoms with Crippen molar-refractivity contribution < 1.29 is 18.7 Å². The number of fused-ring (bicyclic) bond motifs is 1. The summed E-state index contributed by atoms with van der Waals surface area (Å²) >= 11 is 6.13. The zero-order chi connectivity index (χ0) is 22.8. The summed E-state index contributed by atoms with van der Waals surface area (Å²) in [6.07, 6.45) is -0.422. The van der Waals surface area contributed by atoms with Gasteiger partial charge >= 0.3 is 6.09 Å². The van der Waals surface area contributed by atoms with Crippen molar-refractivity contribution in [1.82, 2.24) is 30.1 Å². The van der Waals surface area contributed by atoms with Crippen LogP contribution in [0.4, 0.5) is 20.8 Å². The van der Waals surface area contributed by atoms with Gasteiger partial charge in [0.15, 0.2) is 11.6 Å². The normalized spacial score (nSPS) is 20.8. The summed E-state index contributed by atoms with van der Waals surface area (Å²) < 4.78 is 26.5. The number of carbonyl (C=O) groups excluding carboxylic acids is 1. The fourth-order valence-corrected chi connectivity index (χ4v) is 3.96. The van der Waals surface area contributed by atoms with Crippen LogP contribution in [0.1, 0.15) is 44.0 Å². The van der Waals surface area contributed by atoms with E-state index < -0.39 is 18.4 Å². The van der Waals surface area contributed by atoms with Gasteiger partial charge in [0.05, 0.1) is 18.5 Å². The summed E-state index contributed by atoms with van der Waals surface area (Å²) in [4.78, 5) is 16.2. The first-order chi connectivity index (χ1) is 15.3. The van der Waals surface area contributed by atoms with E-state index in [9.17, 15) is 9.18 Å². The molecule has 3 atom stereocenters. The number of aromatic amines is 1.